The van der Waals surface area contributed by atoms with E-state index in [0.29, 0.717) is 0 Å². The first-order chi connectivity index (χ1) is 11.3. The number of halogens is 1. The summed E-state index contributed by atoms with van der Waals surface area (Å²) in [6, 6.07) is 3.02. The number of carbonyl (C=O) groups excluding carboxylic acids is 2. The molecule has 0 fully saturated rings. The summed E-state index contributed by atoms with van der Waals surface area (Å²) in [6.45, 7) is 8.29. The van der Waals surface area contributed by atoms with Crippen LogP contribution in [0.3, 0.4) is 0 Å². The van der Waals surface area contributed by atoms with E-state index in [1.165, 1.54) is 0 Å². The largest absolute Gasteiger partial charge is 0.478 e. The van der Waals surface area contributed by atoms with Crippen molar-refractivity contribution >= 4 is 23.7 Å². The molecule has 0 heterocycles. The van der Waals surface area contributed by atoms with Crippen LogP contribution >= 0.6 is 0 Å². The SMILES string of the molecule is CC(C)(C)OC(=O)NCC(C)(C)C(=O)Nc1cc(F)cc(C(=O)O)c1. The molecular formula is C17H23FN2O5. The van der Waals surface area contributed by atoms with Crippen molar-refractivity contribution in [3.63, 3.8) is 0 Å². The number of carboxylic acid groups (broad SMARTS) is 1. The zero-order valence-electron chi connectivity index (χ0n) is 14.9. The number of nitrogens with one attached hydrogen (secondary N) is 2. The lowest BCUT2D eigenvalue weighted by Crippen LogP contribution is -2.43. The monoisotopic (exact) mass is 354 g/mol. The number of carbonyl (C=O) groups is 3. The third-order valence-corrected chi connectivity index (χ3v) is 3.09. The Morgan fingerprint density at radius 3 is 2.24 bits per heavy atom. The Morgan fingerprint density at radius 2 is 1.72 bits per heavy atom. The highest BCUT2D eigenvalue weighted by atomic mass is 19.1. The van der Waals surface area contributed by atoms with Gasteiger partial charge in [-0.05, 0) is 52.8 Å². The highest BCUT2D eigenvalue weighted by Crippen LogP contribution is 2.20. The minimum absolute atomic E-state index is 0.0190. The Labute approximate surface area is 145 Å². The summed E-state index contributed by atoms with van der Waals surface area (Å²) in [7, 11) is 0. The van der Waals surface area contributed by atoms with Crippen LogP contribution in [0.5, 0.6) is 0 Å². The maximum absolute atomic E-state index is 13.5. The number of amides is 2. The van der Waals surface area contributed by atoms with Gasteiger partial charge >= 0.3 is 12.1 Å². The molecule has 1 rings (SSSR count). The molecule has 0 saturated heterocycles. The smallest absolute Gasteiger partial charge is 0.407 e. The van der Waals surface area contributed by atoms with E-state index in [0.717, 1.165) is 18.2 Å². The Hall–Kier alpha value is -2.64. The number of anilines is 1. The summed E-state index contributed by atoms with van der Waals surface area (Å²) in [5, 5.41) is 13.9. The maximum Gasteiger partial charge on any atom is 0.407 e. The van der Waals surface area contributed by atoms with E-state index in [4.69, 9.17) is 9.84 Å². The van der Waals surface area contributed by atoms with Crippen molar-refractivity contribution in [1.29, 1.82) is 0 Å². The van der Waals surface area contributed by atoms with E-state index in [2.05, 4.69) is 10.6 Å². The summed E-state index contributed by atoms with van der Waals surface area (Å²) in [5.41, 5.74) is -1.95. The number of benzene rings is 1. The molecular weight excluding hydrogens is 331 g/mol. The summed E-state index contributed by atoms with van der Waals surface area (Å²) < 4.78 is 18.6. The van der Waals surface area contributed by atoms with E-state index in [1.54, 1.807) is 34.6 Å². The standard InChI is InChI=1S/C17H23FN2O5/c1-16(2,3)25-15(24)19-9-17(4,5)14(23)20-12-7-10(13(21)22)6-11(18)8-12/h6-8H,9H2,1-5H3,(H,19,24)(H,20,23)(H,21,22). The van der Waals surface area contributed by atoms with Crippen molar-refractivity contribution in [1.82, 2.24) is 5.32 Å². The van der Waals surface area contributed by atoms with Crippen LogP contribution in [0.2, 0.25) is 0 Å². The van der Waals surface area contributed by atoms with Crippen LogP contribution in [0.25, 0.3) is 0 Å². The Kier molecular flexibility index (Phi) is 6.12. The van der Waals surface area contributed by atoms with Gasteiger partial charge < -0.3 is 20.5 Å². The summed E-state index contributed by atoms with van der Waals surface area (Å²) in [6.07, 6.45) is -0.660. The zero-order chi connectivity index (χ0) is 19.4. The van der Waals surface area contributed by atoms with Gasteiger partial charge in [0.05, 0.1) is 11.0 Å². The van der Waals surface area contributed by atoms with Gasteiger partial charge in [-0.15, -0.1) is 0 Å². The molecule has 0 aromatic heterocycles. The van der Waals surface area contributed by atoms with Crippen molar-refractivity contribution in [3.05, 3.63) is 29.6 Å². The predicted molar refractivity (Wildman–Crippen MR) is 90.0 cm³/mol. The van der Waals surface area contributed by atoms with Crippen molar-refractivity contribution in [3.8, 4) is 0 Å². The van der Waals surface area contributed by atoms with Gasteiger partial charge in [0.25, 0.3) is 0 Å². The number of aromatic carboxylic acids is 1. The third-order valence-electron chi connectivity index (χ3n) is 3.09. The van der Waals surface area contributed by atoms with Gasteiger partial charge in [0.15, 0.2) is 0 Å². The maximum atomic E-state index is 13.5. The van der Waals surface area contributed by atoms with Crippen LogP contribution in [0.4, 0.5) is 14.9 Å². The van der Waals surface area contributed by atoms with Gasteiger partial charge in [-0.1, -0.05) is 0 Å². The Balaban J connectivity index is 2.75. The van der Waals surface area contributed by atoms with Crippen molar-refractivity contribution in [2.75, 3.05) is 11.9 Å². The third kappa shape index (κ3) is 6.78. The van der Waals surface area contributed by atoms with E-state index in [-0.39, 0.29) is 17.8 Å². The lowest BCUT2D eigenvalue weighted by molar-refractivity contribution is -0.123. The fourth-order valence-electron chi connectivity index (χ4n) is 1.77. The molecule has 0 aliphatic carbocycles. The van der Waals surface area contributed by atoms with E-state index in [9.17, 15) is 18.8 Å². The first-order valence-electron chi connectivity index (χ1n) is 7.62. The second-order valence-corrected chi connectivity index (χ2v) is 7.23. The molecule has 0 unspecified atom stereocenters. The van der Waals surface area contributed by atoms with Gasteiger partial charge in [0.2, 0.25) is 5.91 Å². The first kappa shape index (κ1) is 20.4. The topological polar surface area (TPSA) is 105 Å². The van der Waals surface area contributed by atoms with Gasteiger partial charge in [-0.25, -0.2) is 14.0 Å². The quantitative estimate of drug-likeness (QED) is 0.754. The minimum Gasteiger partial charge on any atom is -0.478 e. The second kappa shape index (κ2) is 7.50. The van der Waals surface area contributed by atoms with Crippen LogP contribution in [-0.2, 0) is 9.53 Å². The highest BCUT2D eigenvalue weighted by molar-refractivity contribution is 5.97. The lowest BCUT2D eigenvalue weighted by atomic mass is 9.92. The molecule has 25 heavy (non-hydrogen) atoms. The fraction of sp³-hybridized carbons (Fsp3) is 0.471. The number of ether oxygens (including phenoxy) is 1. The van der Waals surface area contributed by atoms with Gasteiger partial charge in [0.1, 0.15) is 11.4 Å². The molecule has 0 aliphatic rings. The number of alkyl carbamates (subject to hydrolysis) is 1. The average molecular weight is 354 g/mol. The van der Waals surface area contributed by atoms with Crippen LogP contribution in [-0.4, -0.2) is 35.2 Å². The van der Waals surface area contributed by atoms with Crippen LogP contribution < -0.4 is 10.6 Å². The van der Waals surface area contributed by atoms with E-state index < -0.39 is 34.8 Å². The van der Waals surface area contributed by atoms with E-state index in [1.807, 2.05) is 0 Å². The molecule has 1 aromatic rings. The molecule has 0 aliphatic heterocycles. The zero-order valence-corrected chi connectivity index (χ0v) is 14.9. The Morgan fingerprint density at radius 1 is 1.12 bits per heavy atom. The molecule has 0 saturated carbocycles. The molecule has 1 aromatic carbocycles. The highest BCUT2D eigenvalue weighted by Gasteiger charge is 2.29. The van der Waals surface area contributed by atoms with Crippen LogP contribution in [0.15, 0.2) is 18.2 Å². The van der Waals surface area contributed by atoms with Crippen molar-refractivity contribution in [2.45, 2.75) is 40.2 Å². The molecule has 0 bridgehead atoms. The Bertz CT molecular complexity index is 680. The first-order valence-corrected chi connectivity index (χ1v) is 7.62. The molecule has 0 spiro atoms. The summed E-state index contributed by atoms with van der Waals surface area (Å²) in [5.74, 6) is -2.59. The molecule has 138 valence electrons. The van der Waals surface area contributed by atoms with Gasteiger partial charge in [-0.2, -0.15) is 0 Å². The number of carboxylic acids is 1. The molecule has 8 heteroatoms. The number of hydrogen-bond donors (Lipinski definition) is 3. The fourth-order valence-corrected chi connectivity index (χ4v) is 1.77. The van der Waals surface area contributed by atoms with E-state index >= 15 is 0 Å². The minimum atomic E-state index is -1.30. The molecule has 3 N–H and O–H groups in total. The van der Waals surface area contributed by atoms with Crippen LogP contribution in [0, 0.1) is 11.2 Å². The predicted octanol–water partition coefficient (Wildman–Crippen LogP) is 3.01. The summed E-state index contributed by atoms with van der Waals surface area (Å²) in [4.78, 5) is 35.0. The lowest BCUT2D eigenvalue weighted by Gasteiger charge is -2.25. The molecule has 0 radical (unpaired) electrons. The average Bonchev–Trinajstić information content (AvgIpc) is 2.42. The normalized spacial score (nSPS) is 11.6. The van der Waals surface area contributed by atoms with Crippen molar-refractivity contribution in [2.24, 2.45) is 5.41 Å². The van der Waals surface area contributed by atoms with Crippen LogP contribution in [0.1, 0.15) is 45.0 Å². The molecule has 0 atom stereocenters. The van der Waals surface area contributed by atoms with Crippen molar-refractivity contribution < 1.29 is 28.6 Å². The molecule has 2 amide bonds. The second-order valence-electron chi connectivity index (χ2n) is 7.23. The van der Waals surface area contributed by atoms with Gasteiger partial charge in [-0.3, -0.25) is 4.79 Å². The van der Waals surface area contributed by atoms with Gasteiger partial charge in [0, 0.05) is 12.2 Å². The molecule has 7 nitrogen and oxygen atoms in total. The summed E-state index contributed by atoms with van der Waals surface area (Å²) >= 11 is 0. The number of rotatable bonds is 5. The number of hydrogen-bond acceptors (Lipinski definition) is 4.